The lowest BCUT2D eigenvalue weighted by atomic mass is 10.2. The molecule has 0 fully saturated rings. The van der Waals surface area contributed by atoms with Gasteiger partial charge in [-0.3, -0.25) is 9.88 Å². The highest BCUT2D eigenvalue weighted by Gasteiger charge is 2.27. The van der Waals surface area contributed by atoms with Crippen molar-refractivity contribution in [1.29, 1.82) is 0 Å². The molecule has 0 aliphatic heterocycles. The molecule has 0 saturated carbocycles. The zero-order chi connectivity index (χ0) is 20.9. The maximum atomic E-state index is 12.1. The van der Waals surface area contributed by atoms with Gasteiger partial charge in [-0.05, 0) is 45.7 Å². The minimum Gasteiger partial charge on any atom is -0.426 e. The Morgan fingerprint density at radius 2 is 1.54 bits per heavy atom. The fraction of sp³-hybridized carbons (Fsp3) is 0.650. The molecule has 1 heterocycles. The van der Waals surface area contributed by atoms with Crippen LogP contribution in [0.15, 0.2) is 18.3 Å². The van der Waals surface area contributed by atoms with Crippen LogP contribution in [0.4, 0.5) is 15.3 Å². The molecule has 0 bridgehead atoms. The number of aryl methyl sites for hydroxylation is 1. The second kappa shape index (κ2) is 12.8. The number of amides is 2. The van der Waals surface area contributed by atoms with Crippen molar-refractivity contribution in [3.8, 4) is 0 Å². The predicted octanol–water partition coefficient (Wildman–Crippen LogP) is 3.94. The van der Waals surface area contributed by atoms with Crippen LogP contribution in [0.5, 0.6) is 0 Å². The number of carbonyl (C=O) groups is 2. The van der Waals surface area contributed by atoms with Gasteiger partial charge in [0.2, 0.25) is 0 Å². The molecule has 0 aliphatic rings. The van der Waals surface area contributed by atoms with E-state index in [-0.39, 0.29) is 0 Å². The summed E-state index contributed by atoms with van der Waals surface area (Å²) < 4.78 is 11.0. The molecular weight excluding hydrogens is 360 g/mol. The minimum absolute atomic E-state index is 0.507. The molecule has 8 heteroatoms. The molecular formula is C20H34N4O4. The number of carbonyl (C=O) groups excluding carboxylic acids is 2. The molecule has 2 atom stereocenters. The van der Waals surface area contributed by atoms with E-state index in [9.17, 15) is 9.59 Å². The number of hydrogen-bond acceptors (Lipinski definition) is 6. The molecule has 2 amide bonds. The van der Waals surface area contributed by atoms with E-state index in [0.29, 0.717) is 13.1 Å². The van der Waals surface area contributed by atoms with Crippen molar-refractivity contribution < 1.29 is 19.1 Å². The zero-order valence-electron chi connectivity index (χ0n) is 17.7. The summed E-state index contributed by atoms with van der Waals surface area (Å²) in [4.78, 5) is 30.2. The lowest BCUT2D eigenvalue weighted by Crippen LogP contribution is -2.47. The van der Waals surface area contributed by atoms with Crippen molar-refractivity contribution in [1.82, 2.24) is 15.6 Å². The van der Waals surface area contributed by atoms with Crippen LogP contribution in [0.1, 0.15) is 59.1 Å². The first-order chi connectivity index (χ1) is 13.4. The van der Waals surface area contributed by atoms with Crippen molar-refractivity contribution in [2.75, 3.05) is 18.0 Å². The second-order valence-electron chi connectivity index (χ2n) is 6.59. The van der Waals surface area contributed by atoms with Crippen LogP contribution in [0.25, 0.3) is 0 Å². The second-order valence-corrected chi connectivity index (χ2v) is 6.59. The van der Waals surface area contributed by atoms with E-state index in [1.807, 2.05) is 26.8 Å². The van der Waals surface area contributed by atoms with Gasteiger partial charge in [-0.25, -0.2) is 9.59 Å². The largest absolute Gasteiger partial charge is 0.426 e. The minimum atomic E-state index is -0.664. The first-order valence-corrected chi connectivity index (χ1v) is 9.99. The summed E-state index contributed by atoms with van der Waals surface area (Å²) in [5, 5.41) is 5.45. The number of nitrogens with one attached hydrogen (secondary N) is 2. The van der Waals surface area contributed by atoms with Gasteiger partial charge in [0.25, 0.3) is 0 Å². The number of aromatic nitrogens is 1. The summed E-state index contributed by atoms with van der Waals surface area (Å²) in [7, 11) is 0. The zero-order valence-corrected chi connectivity index (χ0v) is 17.7. The van der Waals surface area contributed by atoms with Crippen molar-refractivity contribution in [2.45, 2.75) is 72.8 Å². The molecule has 28 heavy (non-hydrogen) atoms. The summed E-state index contributed by atoms with van der Waals surface area (Å²) in [5.74, 6) is 0. The summed E-state index contributed by atoms with van der Waals surface area (Å²) in [5.41, 5.74) is 1.47. The third kappa shape index (κ3) is 8.02. The SMILES string of the molecule is CCCCNC(=O)OC(C)N(c1cccnc1C)C(C)OC(=O)NCCCC. The van der Waals surface area contributed by atoms with Crippen LogP contribution < -0.4 is 15.5 Å². The average molecular weight is 395 g/mol. The van der Waals surface area contributed by atoms with Crippen molar-refractivity contribution in [3.05, 3.63) is 24.0 Å². The average Bonchev–Trinajstić information content (AvgIpc) is 2.64. The van der Waals surface area contributed by atoms with E-state index in [1.54, 1.807) is 31.0 Å². The Kier molecular flexibility index (Phi) is 10.8. The molecule has 1 aromatic heterocycles. The molecule has 1 rings (SSSR count). The number of ether oxygens (including phenoxy) is 2. The molecule has 2 N–H and O–H groups in total. The van der Waals surface area contributed by atoms with Gasteiger partial charge in [-0.2, -0.15) is 0 Å². The number of hydrogen-bond donors (Lipinski definition) is 2. The molecule has 0 spiro atoms. The Labute approximate surface area is 168 Å². The fourth-order valence-corrected chi connectivity index (χ4v) is 2.68. The topological polar surface area (TPSA) is 92.8 Å². The molecule has 0 saturated heterocycles. The third-order valence-electron chi connectivity index (χ3n) is 4.20. The van der Waals surface area contributed by atoms with Gasteiger partial charge in [0.15, 0.2) is 12.5 Å². The molecule has 0 aromatic carbocycles. The lowest BCUT2D eigenvalue weighted by molar-refractivity contribution is 0.0552. The number of rotatable bonds is 11. The first kappa shape index (κ1) is 23.5. The van der Waals surface area contributed by atoms with Gasteiger partial charge in [0, 0.05) is 19.3 Å². The molecule has 0 aliphatic carbocycles. The Morgan fingerprint density at radius 1 is 1.04 bits per heavy atom. The van der Waals surface area contributed by atoms with Crippen LogP contribution in [-0.2, 0) is 9.47 Å². The summed E-state index contributed by atoms with van der Waals surface area (Å²) in [6.07, 6.45) is 3.07. The van der Waals surface area contributed by atoms with Gasteiger partial charge >= 0.3 is 12.2 Å². The summed E-state index contributed by atoms with van der Waals surface area (Å²) in [6.45, 7) is 10.5. The number of nitrogens with zero attached hydrogens (tertiary/aromatic N) is 2. The Morgan fingerprint density at radius 3 is 1.96 bits per heavy atom. The summed E-state index contributed by atoms with van der Waals surface area (Å²) >= 11 is 0. The van der Waals surface area contributed by atoms with Crippen LogP contribution in [0.3, 0.4) is 0 Å². The van der Waals surface area contributed by atoms with E-state index in [1.165, 1.54) is 0 Å². The van der Waals surface area contributed by atoms with Gasteiger partial charge in [-0.15, -0.1) is 0 Å². The predicted molar refractivity (Wildman–Crippen MR) is 109 cm³/mol. The normalized spacial score (nSPS) is 12.6. The highest BCUT2D eigenvalue weighted by molar-refractivity contribution is 5.69. The number of unbranched alkanes of at least 4 members (excludes halogenated alkanes) is 2. The van der Waals surface area contributed by atoms with E-state index in [4.69, 9.17) is 9.47 Å². The lowest BCUT2D eigenvalue weighted by Gasteiger charge is -2.35. The quantitative estimate of drug-likeness (QED) is 0.436. The van der Waals surface area contributed by atoms with Crippen LogP contribution in [0, 0.1) is 6.92 Å². The molecule has 2 unspecified atom stereocenters. The van der Waals surface area contributed by atoms with E-state index < -0.39 is 24.6 Å². The Hall–Kier alpha value is -2.51. The van der Waals surface area contributed by atoms with Crippen molar-refractivity contribution in [3.63, 3.8) is 0 Å². The molecule has 0 radical (unpaired) electrons. The summed E-state index contributed by atoms with van der Waals surface area (Å²) in [6, 6.07) is 3.64. The van der Waals surface area contributed by atoms with Crippen molar-refractivity contribution in [2.24, 2.45) is 0 Å². The maximum absolute atomic E-state index is 12.1. The maximum Gasteiger partial charge on any atom is 0.409 e. The fourth-order valence-electron chi connectivity index (χ4n) is 2.68. The van der Waals surface area contributed by atoms with Crippen LogP contribution in [0.2, 0.25) is 0 Å². The molecule has 8 nitrogen and oxygen atoms in total. The number of pyridine rings is 1. The van der Waals surface area contributed by atoms with Gasteiger partial charge in [0.05, 0.1) is 11.4 Å². The van der Waals surface area contributed by atoms with Gasteiger partial charge in [0.1, 0.15) is 0 Å². The van der Waals surface area contributed by atoms with E-state index in [0.717, 1.165) is 37.1 Å². The molecule has 1 aromatic rings. The smallest absolute Gasteiger partial charge is 0.409 e. The van der Waals surface area contributed by atoms with Gasteiger partial charge < -0.3 is 20.1 Å². The number of anilines is 1. The van der Waals surface area contributed by atoms with Crippen LogP contribution in [-0.4, -0.2) is 42.7 Å². The van der Waals surface area contributed by atoms with E-state index in [2.05, 4.69) is 15.6 Å². The molecule has 158 valence electrons. The Bertz CT molecular complexity index is 582. The highest BCUT2D eigenvalue weighted by atomic mass is 16.6. The standard InChI is InChI=1S/C20H34N4O4/c1-6-8-12-22-19(25)27-16(4)24(18-11-10-14-21-15(18)3)17(5)28-20(26)23-13-9-7-2/h10-11,14,16-17H,6-9,12-13H2,1-5H3,(H,22,25)(H,23,26). The van der Waals surface area contributed by atoms with E-state index >= 15 is 0 Å². The first-order valence-electron chi connectivity index (χ1n) is 9.99. The number of alkyl carbamates (subject to hydrolysis) is 2. The third-order valence-corrected chi connectivity index (χ3v) is 4.20. The Balaban J connectivity index is 2.86. The van der Waals surface area contributed by atoms with Gasteiger partial charge in [-0.1, -0.05) is 26.7 Å². The highest BCUT2D eigenvalue weighted by Crippen LogP contribution is 2.24. The van der Waals surface area contributed by atoms with Crippen molar-refractivity contribution >= 4 is 17.9 Å². The van der Waals surface area contributed by atoms with Crippen LogP contribution >= 0.6 is 0 Å². The monoisotopic (exact) mass is 394 g/mol.